The van der Waals surface area contributed by atoms with Crippen LogP contribution in [0.2, 0.25) is 5.15 Å². The van der Waals surface area contributed by atoms with Crippen molar-refractivity contribution >= 4 is 28.5 Å². The van der Waals surface area contributed by atoms with E-state index >= 15 is 0 Å². The molecular formula is C16H14ClN3O2. The molecule has 0 aliphatic heterocycles. The molecule has 0 amide bonds. The van der Waals surface area contributed by atoms with Gasteiger partial charge in [-0.15, -0.1) is 0 Å². The molecular weight excluding hydrogens is 302 g/mol. The normalized spacial score (nSPS) is 10.7. The number of nitrogens with zero attached hydrogens (tertiary/aromatic N) is 2. The predicted molar refractivity (Wildman–Crippen MR) is 87.5 cm³/mol. The summed E-state index contributed by atoms with van der Waals surface area (Å²) in [7, 11) is 3.21. The lowest BCUT2D eigenvalue weighted by atomic mass is 10.0. The molecule has 2 heterocycles. The van der Waals surface area contributed by atoms with Crippen molar-refractivity contribution in [2.75, 3.05) is 20.0 Å². The fourth-order valence-electron chi connectivity index (χ4n) is 2.24. The lowest BCUT2D eigenvalue weighted by Crippen LogP contribution is -1.97. The number of fused-ring (bicyclic) bond motifs is 1. The molecule has 0 radical (unpaired) electrons. The molecule has 6 heteroatoms. The average molecular weight is 316 g/mol. The third kappa shape index (κ3) is 2.63. The first-order chi connectivity index (χ1) is 10.6. The molecule has 0 atom stereocenters. The number of nitrogen functional groups attached to an aromatic ring is 1. The SMILES string of the molecule is COc1cc(OC)cc(-c2cc3ccc(Cl)nc3nc2N)c1. The fraction of sp³-hybridized carbons (Fsp3) is 0.125. The summed E-state index contributed by atoms with van der Waals surface area (Å²) in [4.78, 5) is 8.49. The van der Waals surface area contributed by atoms with Gasteiger partial charge < -0.3 is 15.2 Å². The third-order valence-electron chi connectivity index (χ3n) is 3.34. The molecule has 2 aromatic heterocycles. The largest absolute Gasteiger partial charge is 0.497 e. The Morgan fingerprint density at radius 1 is 0.955 bits per heavy atom. The van der Waals surface area contributed by atoms with Crippen LogP contribution in [0.1, 0.15) is 0 Å². The summed E-state index contributed by atoms with van der Waals surface area (Å²) in [5.74, 6) is 1.74. The van der Waals surface area contributed by atoms with Crippen molar-refractivity contribution in [1.29, 1.82) is 0 Å². The van der Waals surface area contributed by atoms with Crippen LogP contribution in [-0.2, 0) is 0 Å². The number of benzene rings is 1. The van der Waals surface area contributed by atoms with E-state index in [0.29, 0.717) is 28.1 Å². The van der Waals surface area contributed by atoms with Gasteiger partial charge in [0.15, 0.2) is 5.65 Å². The smallest absolute Gasteiger partial charge is 0.163 e. The first-order valence-electron chi connectivity index (χ1n) is 6.57. The Bertz CT molecular complexity index is 830. The van der Waals surface area contributed by atoms with Gasteiger partial charge in [0.05, 0.1) is 14.2 Å². The standard InChI is InChI=1S/C16H14ClN3O2/c1-21-11-5-10(6-12(8-11)22-2)13-7-9-3-4-14(17)19-16(9)20-15(13)18/h3-8H,1-2H3,(H2,18,19,20). The number of anilines is 1. The van der Waals surface area contributed by atoms with Crippen molar-refractivity contribution in [2.24, 2.45) is 0 Å². The van der Waals surface area contributed by atoms with Crippen LogP contribution in [0.15, 0.2) is 36.4 Å². The second-order valence-corrected chi connectivity index (χ2v) is 5.09. The summed E-state index contributed by atoms with van der Waals surface area (Å²) in [6.07, 6.45) is 0. The van der Waals surface area contributed by atoms with Gasteiger partial charge in [-0.25, -0.2) is 9.97 Å². The summed E-state index contributed by atoms with van der Waals surface area (Å²) in [6.45, 7) is 0. The highest BCUT2D eigenvalue weighted by Gasteiger charge is 2.11. The van der Waals surface area contributed by atoms with Crippen molar-refractivity contribution in [3.8, 4) is 22.6 Å². The molecule has 0 unspecified atom stereocenters. The van der Waals surface area contributed by atoms with Gasteiger partial charge >= 0.3 is 0 Å². The van der Waals surface area contributed by atoms with E-state index in [1.54, 1.807) is 26.4 Å². The molecule has 0 fully saturated rings. The minimum atomic E-state index is 0.373. The van der Waals surface area contributed by atoms with E-state index in [2.05, 4.69) is 9.97 Å². The molecule has 0 spiro atoms. The number of pyridine rings is 2. The zero-order valence-corrected chi connectivity index (χ0v) is 12.9. The summed E-state index contributed by atoms with van der Waals surface area (Å²) < 4.78 is 10.6. The average Bonchev–Trinajstić information content (AvgIpc) is 2.53. The minimum Gasteiger partial charge on any atom is -0.497 e. The molecule has 3 rings (SSSR count). The number of halogens is 1. The maximum absolute atomic E-state index is 6.08. The third-order valence-corrected chi connectivity index (χ3v) is 3.55. The molecule has 1 aromatic carbocycles. The zero-order valence-electron chi connectivity index (χ0n) is 12.1. The Hall–Kier alpha value is -2.53. The molecule has 5 nitrogen and oxygen atoms in total. The van der Waals surface area contributed by atoms with Gasteiger partial charge in [-0.2, -0.15) is 0 Å². The van der Waals surface area contributed by atoms with Crippen LogP contribution in [0.4, 0.5) is 5.82 Å². The van der Waals surface area contributed by atoms with E-state index in [1.165, 1.54) is 0 Å². The predicted octanol–water partition coefficient (Wildman–Crippen LogP) is 3.55. The fourth-order valence-corrected chi connectivity index (χ4v) is 2.38. The van der Waals surface area contributed by atoms with Crippen molar-refractivity contribution in [3.63, 3.8) is 0 Å². The molecule has 112 valence electrons. The number of hydrogen-bond acceptors (Lipinski definition) is 5. The topological polar surface area (TPSA) is 70.3 Å². The number of aromatic nitrogens is 2. The van der Waals surface area contributed by atoms with Gasteiger partial charge in [0.2, 0.25) is 0 Å². The Morgan fingerprint density at radius 3 is 2.27 bits per heavy atom. The number of rotatable bonds is 3. The van der Waals surface area contributed by atoms with Crippen molar-refractivity contribution in [3.05, 3.63) is 41.6 Å². The molecule has 0 aliphatic rings. The quantitative estimate of drug-likeness (QED) is 0.748. The Morgan fingerprint density at radius 2 is 1.64 bits per heavy atom. The van der Waals surface area contributed by atoms with Gasteiger partial charge in [0, 0.05) is 17.0 Å². The van der Waals surface area contributed by atoms with E-state index in [9.17, 15) is 0 Å². The van der Waals surface area contributed by atoms with Gasteiger partial charge in [-0.1, -0.05) is 11.6 Å². The highest BCUT2D eigenvalue weighted by Crippen LogP contribution is 2.33. The second kappa shape index (κ2) is 5.69. The van der Waals surface area contributed by atoms with Gasteiger partial charge in [0.25, 0.3) is 0 Å². The molecule has 0 saturated carbocycles. The van der Waals surface area contributed by atoms with E-state index < -0.39 is 0 Å². The van der Waals surface area contributed by atoms with Crippen molar-refractivity contribution in [1.82, 2.24) is 9.97 Å². The zero-order chi connectivity index (χ0) is 15.7. The van der Waals surface area contributed by atoms with Crippen LogP contribution >= 0.6 is 11.6 Å². The van der Waals surface area contributed by atoms with Crippen molar-refractivity contribution in [2.45, 2.75) is 0 Å². The molecule has 0 aliphatic carbocycles. The maximum atomic E-state index is 6.08. The molecule has 2 N–H and O–H groups in total. The van der Waals surface area contributed by atoms with Crippen LogP contribution in [0.5, 0.6) is 11.5 Å². The monoisotopic (exact) mass is 315 g/mol. The number of hydrogen-bond donors (Lipinski definition) is 1. The van der Waals surface area contributed by atoms with Crippen LogP contribution in [0, 0.1) is 0 Å². The van der Waals surface area contributed by atoms with E-state index in [-0.39, 0.29) is 0 Å². The summed E-state index contributed by atoms with van der Waals surface area (Å²) >= 11 is 5.88. The first-order valence-corrected chi connectivity index (χ1v) is 6.94. The summed E-state index contributed by atoms with van der Waals surface area (Å²) in [5.41, 5.74) is 8.24. The van der Waals surface area contributed by atoms with E-state index in [1.807, 2.05) is 24.3 Å². The number of nitrogens with two attached hydrogens (primary N) is 1. The van der Waals surface area contributed by atoms with Crippen LogP contribution in [-0.4, -0.2) is 24.2 Å². The van der Waals surface area contributed by atoms with Crippen LogP contribution < -0.4 is 15.2 Å². The van der Waals surface area contributed by atoms with E-state index in [0.717, 1.165) is 16.5 Å². The molecule has 3 aromatic rings. The first kappa shape index (κ1) is 14.4. The maximum Gasteiger partial charge on any atom is 0.163 e. The van der Waals surface area contributed by atoms with Crippen molar-refractivity contribution < 1.29 is 9.47 Å². The Balaban J connectivity index is 2.21. The highest BCUT2D eigenvalue weighted by atomic mass is 35.5. The van der Waals surface area contributed by atoms with E-state index in [4.69, 9.17) is 26.8 Å². The number of methoxy groups -OCH3 is 2. The van der Waals surface area contributed by atoms with Gasteiger partial charge in [0.1, 0.15) is 22.5 Å². The summed E-state index contributed by atoms with van der Waals surface area (Å²) in [5, 5.41) is 1.24. The van der Waals surface area contributed by atoms with Crippen LogP contribution in [0.25, 0.3) is 22.2 Å². The Kier molecular flexibility index (Phi) is 3.73. The lowest BCUT2D eigenvalue weighted by molar-refractivity contribution is 0.394. The summed E-state index contributed by atoms with van der Waals surface area (Å²) in [6, 6.07) is 11.1. The molecule has 0 bridgehead atoms. The molecule has 0 saturated heterocycles. The second-order valence-electron chi connectivity index (χ2n) is 4.70. The van der Waals surface area contributed by atoms with Gasteiger partial charge in [-0.3, -0.25) is 0 Å². The lowest BCUT2D eigenvalue weighted by Gasteiger charge is -2.11. The highest BCUT2D eigenvalue weighted by molar-refractivity contribution is 6.29. The molecule has 22 heavy (non-hydrogen) atoms. The van der Waals surface area contributed by atoms with Crippen LogP contribution in [0.3, 0.4) is 0 Å². The number of ether oxygens (including phenoxy) is 2. The Labute approximate surface area is 132 Å². The van der Waals surface area contributed by atoms with Gasteiger partial charge in [-0.05, 0) is 35.9 Å². The minimum absolute atomic E-state index is 0.373.